The number of hydrogen-bond acceptors (Lipinski definition) is 1. The first-order valence-electron chi connectivity index (χ1n) is 6.11. The third-order valence-corrected chi connectivity index (χ3v) is 5.80. The van der Waals surface area contributed by atoms with Gasteiger partial charge in [0.25, 0.3) is 0 Å². The molecule has 0 nitrogen and oxygen atoms in total. The van der Waals surface area contributed by atoms with Gasteiger partial charge in [-0.3, -0.25) is 0 Å². The number of rotatable bonds is 4. The fraction of sp³-hybridized carbons (Fsp3) is 0.333. The first-order chi connectivity index (χ1) is 9.62. The van der Waals surface area contributed by atoms with Crippen LogP contribution in [-0.4, -0.2) is 0 Å². The number of allylic oxidation sites excluding steroid dienone is 2. The van der Waals surface area contributed by atoms with Gasteiger partial charge in [-0.2, -0.15) is 0 Å². The van der Waals surface area contributed by atoms with Crippen LogP contribution in [0.3, 0.4) is 0 Å². The molecule has 0 saturated carbocycles. The highest BCUT2D eigenvalue weighted by atomic mass is 35.5. The predicted molar refractivity (Wildman–Crippen MR) is 99.8 cm³/mol. The summed E-state index contributed by atoms with van der Waals surface area (Å²) < 4.78 is 0.260. The van der Waals surface area contributed by atoms with E-state index in [1.807, 2.05) is 0 Å². The quantitative estimate of drug-likeness (QED) is 0.462. The van der Waals surface area contributed by atoms with Gasteiger partial charge in [0.2, 0.25) is 0 Å². The number of benzene rings is 1. The van der Waals surface area contributed by atoms with Crippen molar-refractivity contribution in [3.8, 4) is 0 Å². The molecule has 0 bridgehead atoms. The molecule has 0 aliphatic rings. The van der Waals surface area contributed by atoms with Crippen LogP contribution < -0.4 is 0 Å². The van der Waals surface area contributed by atoms with E-state index in [-0.39, 0.29) is 20.0 Å². The third kappa shape index (κ3) is 6.25. The van der Waals surface area contributed by atoms with Gasteiger partial charge in [-0.05, 0) is 16.5 Å². The third-order valence-electron chi connectivity index (χ3n) is 2.72. The lowest BCUT2D eigenvalue weighted by atomic mass is 9.87. The van der Waals surface area contributed by atoms with Gasteiger partial charge in [-0.25, -0.2) is 0 Å². The fourth-order valence-corrected chi connectivity index (χ4v) is 3.20. The first-order valence-corrected chi connectivity index (χ1v) is 8.99. The van der Waals surface area contributed by atoms with E-state index in [1.165, 1.54) is 17.3 Å². The molecule has 0 spiro atoms. The molecule has 0 aliphatic heterocycles. The van der Waals surface area contributed by atoms with E-state index in [0.29, 0.717) is 10.1 Å². The standard InChI is InChI=1S/C15H15Cl5S/c1-15(2,3)10-6-4-9(5-7-10)8-21-14(20)12(17)11(16)13(18)19/h4-7H,8H2,1-3H3/b14-12+. The van der Waals surface area contributed by atoms with Crippen molar-refractivity contribution in [3.63, 3.8) is 0 Å². The van der Waals surface area contributed by atoms with Crippen LogP contribution in [0.15, 0.2) is 43.2 Å². The van der Waals surface area contributed by atoms with Gasteiger partial charge in [0.1, 0.15) is 4.49 Å². The summed E-state index contributed by atoms with van der Waals surface area (Å²) in [4.78, 5) is 0. The maximum Gasteiger partial charge on any atom is 0.127 e. The average Bonchev–Trinajstić information content (AvgIpc) is 2.42. The normalized spacial score (nSPS) is 13.0. The van der Waals surface area contributed by atoms with Crippen molar-refractivity contribution in [2.24, 2.45) is 0 Å². The molecular weight excluding hydrogens is 389 g/mol. The van der Waals surface area contributed by atoms with Crippen LogP contribution in [0.2, 0.25) is 0 Å². The van der Waals surface area contributed by atoms with E-state index >= 15 is 0 Å². The van der Waals surface area contributed by atoms with Gasteiger partial charge < -0.3 is 0 Å². The molecule has 0 aromatic heterocycles. The number of halogens is 5. The van der Waals surface area contributed by atoms with Gasteiger partial charge in [0.05, 0.1) is 14.4 Å². The Balaban J connectivity index is 2.76. The summed E-state index contributed by atoms with van der Waals surface area (Å²) in [7, 11) is 0. The molecule has 1 aromatic carbocycles. The summed E-state index contributed by atoms with van der Waals surface area (Å²) in [6.45, 7) is 6.54. The monoisotopic (exact) mass is 402 g/mol. The molecule has 1 rings (SSSR count). The largest absolute Gasteiger partial charge is 0.127 e. The number of hydrogen-bond donors (Lipinski definition) is 0. The van der Waals surface area contributed by atoms with E-state index in [4.69, 9.17) is 58.0 Å². The van der Waals surface area contributed by atoms with Gasteiger partial charge in [0, 0.05) is 5.75 Å². The summed E-state index contributed by atoms with van der Waals surface area (Å²) in [6.07, 6.45) is 0. The van der Waals surface area contributed by atoms with E-state index in [9.17, 15) is 0 Å². The molecule has 21 heavy (non-hydrogen) atoms. The summed E-state index contributed by atoms with van der Waals surface area (Å²) in [5.41, 5.74) is 2.57. The highest BCUT2D eigenvalue weighted by molar-refractivity contribution is 8.03. The fourth-order valence-electron chi connectivity index (χ4n) is 1.48. The SMILES string of the molecule is CC(C)(C)c1ccc(CS/C(Cl)=C(/Cl)C(Cl)=C(Cl)Cl)cc1. The molecule has 0 N–H and O–H groups in total. The van der Waals surface area contributed by atoms with E-state index in [1.54, 1.807) is 0 Å². The van der Waals surface area contributed by atoms with Gasteiger partial charge >= 0.3 is 0 Å². The molecule has 0 radical (unpaired) electrons. The Bertz CT molecular complexity index is 548. The highest BCUT2D eigenvalue weighted by Gasteiger charge is 2.13. The minimum absolute atomic E-state index is 0.0561. The van der Waals surface area contributed by atoms with Gasteiger partial charge in [0.15, 0.2) is 0 Å². The molecule has 0 fully saturated rings. The maximum absolute atomic E-state index is 6.10. The molecular formula is C15H15Cl5S. The summed E-state index contributed by atoms with van der Waals surface area (Å²) >= 11 is 30.5. The van der Waals surface area contributed by atoms with Crippen LogP contribution >= 0.6 is 69.8 Å². The molecule has 0 aliphatic carbocycles. The predicted octanol–water partition coefficient (Wildman–Crippen LogP) is 7.75. The zero-order chi connectivity index (χ0) is 16.2. The first kappa shape index (κ1) is 19.5. The second kappa shape index (κ2) is 8.38. The lowest BCUT2D eigenvalue weighted by molar-refractivity contribution is 0.590. The number of thioether (sulfide) groups is 1. The van der Waals surface area contributed by atoms with Crippen molar-refractivity contribution in [3.05, 3.63) is 54.3 Å². The molecule has 1 aromatic rings. The van der Waals surface area contributed by atoms with Crippen molar-refractivity contribution in [2.45, 2.75) is 31.9 Å². The minimum atomic E-state index is -0.102. The Kier molecular flexibility index (Phi) is 7.80. The Morgan fingerprint density at radius 1 is 0.905 bits per heavy atom. The van der Waals surface area contributed by atoms with Crippen LogP contribution in [-0.2, 0) is 11.2 Å². The zero-order valence-corrected chi connectivity index (χ0v) is 16.4. The van der Waals surface area contributed by atoms with E-state index < -0.39 is 0 Å². The van der Waals surface area contributed by atoms with Crippen LogP contribution in [0.5, 0.6) is 0 Å². The summed E-state index contributed by atoms with van der Waals surface area (Å²) in [5, 5.41) is 0.218. The van der Waals surface area contributed by atoms with Crippen molar-refractivity contribution >= 4 is 69.8 Å². The minimum Gasteiger partial charge on any atom is -0.108 e. The Morgan fingerprint density at radius 2 is 1.43 bits per heavy atom. The van der Waals surface area contributed by atoms with Crippen LogP contribution in [0, 0.1) is 0 Å². The molecule has 6 heteroatoms. The molecule has 0 heterocycles. The topological polar surface area (TPSA) is 0 Å². The second-order valence-electron chi connectivity index (χ2n) is 5.40. The Hall–Kier alpha value is 0.500. The van der Waals surface area contributed by atoms with Gasteiger partial charge in [-0.15, -0.1) is 11.8 Å². The molecule has 0 amide bonds. The van der Waals surface area contributed by atoms with Crippen molar-refractivity contribution in [1.82, 2.24) is 0 Å². The van der Waals surface area contributed by atoms with Crippen molar-refractivity contribution in [2.75, 3.05) is 0 Å². The molecule has 116 valence electrons. The highest BCUT2D eigenvalue weighted by Crippen LogP contribution is 2.37. The Labute approximate surface area is 155 Å². The van der Waals surface area contributed by atoms with Crippen LogP contribution in [0.4, 0.5) is 0 Å². The average molecular weight is 405 g/mol. The van der Waals surface area contributed by atoms with Crippen molar-refractivity contribution in [1.29, 1.82) is 0 Å². The summed E-state index contributed by atoms with van der Waals surface area (Å²) in [5.74, 6) is 0.684. The smallest absolute Gasteiger partial charge is 0.108 e. The van der Waals surface area contributed by atoms with E-state index in [0.717, 1.165) is 5.56 Å². The zero-order valence-electron chi connectivity index (χ0n) is 11.8. The van der Waals surface area contributed by atoms with Crippen LogP contribution in [0.1, 0.15) is 31.9 Å². The molecule has 0 saturated heterocycles. The Morgan fingerprint density at radius 3 is 1.86 bits per heavy atom. The lowest BCUT2D eigenvalue weighted by Gasteiger charge is -2.19. The van der Waals surface area contributed by atoms with Crippen LogP contribution in [0.25, 0.3) is 0 Å². The lowest BCUT2D eigenvalue weighted by Crippen LogP contribution is -2.10. The van der Waals surface area contributed by atoms with Crippen molar-refractivity contribution < 1.29 is 0 Å². The van der Waals surface area contributed by atoms with Gasteiger partial charge in [-0.1, -0.05) is 103 Å². The molecule has 0 unspecified atom stereocenters. The summed E-state index contributed by atoms with van der Waals surface area (Å²) in [6, 6.07) is 8.41. The maximum atomic E-state index is 6.10. The molecule has 0 atom stereocenters. The van der Waals surface area contributed by atoms with E-state index in [2.05, 4.69) is 45.0 Å². The second-order valence-corrected chi connectivity index (χ2v) is 8.69.